The summed E-state index contributed by atoms with van der Waals surface area (Å²) in [6.45, 7) is -0.241. The van der Waals surface area contributed by atoms with Gasteiger partial charge < -0.3 is 19.7 Å². The van der Waals surface area contributed by atoms with Gasteiger partial charge in [0.25, 0.3) is 0 Å². The minimum absolute atomic E-state index is 0.241. The second-order valence-corrected chi connectivity index (χ2v) is 3.22. The van der Waals surface area contributed by atoms with Crippen LogP contribution in [-0.4, -0.2) is 26.3 Å². The molecule has 6 heteroatoms. The Bertz CT molecular complexity index is 533. The van der Waals surface area contributed by atoms with Crippen molar-refractivity contribution >= 4 is 17.1 Å². The molecule has 1 aromatic heterocycles. The molecule has 1 aromatic carbocycles. The van der Waals surface area contributed by atoms with Gasteiger partial charge in [-0.15, -0.1) is 0 Å². The number of fused-ring (bicyclic) bond motifs is 1. The number of carbonyl (C=O) groups is 1. The number of hydrogen-bond donors (Lipinski definition) is 3. The Morgan fingerprint density at radius 1 is 1.50 bits per heavy atom. The molecule has 2 rings (SSSR count). The molecule has 84 valence electrons. The first-order valence-corrected chi connectivity index (χ1v) is 4.53. The lowest BCUT2D eigenvalue weighted by Crippen LogP contribution is -2.10. The van der Waals surface area contributed by atoms with Crippen molar-refractivity contribution in [2.24, 2.45) is 0 Å². The molecule has 1 heterocycles. The summed E-state index contributed by atoms with van der Waals surface area (Å²) in [6, 6.07) is 4.90. The molecule has 6 nitrogen and oxygen atoms in total. The second-order valence-electron chi connectivity index (χ2n) is 3.22. The number of hydrogen-bond acceptors (Lipinski definition) is 5. The number of oxazole rings is 1. The highest BCUT2D eigenvalue weighted by Gasteiger charge is 2.23. The fraction of sp³-hybridized carbons (Fsp3) is 0.200. The highest BCUT2D eigenvalue weighted by atomic mass is 16.4. The molecule has 0 saturated carbocycles. The monoisotopic (exact) mass is 223 g/mol. The van der Waals surface area contributed by atoms with Crippen molar-refractivity contribution in [3.05, 3.63) is 29.7 Å². The van der Waals surface area contributed by atoms with Crippen LogP contribution in [-0.2, 0) is 11.4 Å². The number of aliphatic carboxylic acids is 1. The Morgan fingerprint density at radius 3 is 2.88 bits per heavy atom. The number of aliphatic hydroxyl groups is 2. The van der Waals surface area contributed by atoms with Gasteiger partial charge in [0.2, 0.25) is 12.0 Å². The summed E-state index contributed by atoms with van der Waals surface area (Å²) in [6.07, 6.45) is -1.79. The van der Waals surface area contributed by atoms with E-state index in [1.807, 2.05) is 0 Å². The highest BCUT2D eigenvalue weighted by molar-refractivity contribution is 5.78. The number of benzene rings is 1. The van der Waals surface area contributed by atoms with E-state index >= 15 is 0 Å². The zero-order valence-corrected chi connectivity index (χ0v) is 8.12. The topological polar surface area (TPSA) is 104 Å². The molecule has 1 atom stereocenters. The van der Waals surface area contributed by atoms with Crippen molar-refractivity contribution < 1.29 is 24.5 Å². The van der Waals surface area contributed by atoms with Crippen molar-refractivity contribution in [1.82, 2.24) is 4.98 Å². The van der Waals surface area contributed by atoms with E-state index in [4.69, 9.17) is 14.6 Å². The largest absolute Gasteiger partial charge is 0.479 e. The summed E-state index contributed by atoms with van der Waals surface area (Å²) in [5.74, 6) is -1.72. The van der Waals surface area contributed by atoms with Crippen molar-refractivity contribution in [3.8, 4) is 0 Å². The molecular formula is C10H9NO5. The Kier molecular flexibility index (Phi) is 2.59. The van der Waals surface area contributed by atoms with Gasteiger partial charge in [-0.3, -0.25) is 0 Å². The molecule has 0 bridgehead atoms. The van der Waals surface area contributed by atoms with Gasteiger partial charge in [0.05, 0.1) is 6.61 Å². The number of aromatic nitrogens is 1. The normalized spacial score (nSPS) is 12.9. The number of aliphatic hydroxyl groups excluding tert-OH is 2. The molecule has 2 aromatic rings. The first kappa shape index (κ1) is 10.6. The van der Waals surface area contributed by atoms with E-state index in [9.17, 15) is 9.90 Å². The highest BCUT2D eigenvalue weighted by Crippen LogP contribution is 2.23. The number of carboxylic acids is 1. The number of rotatable bonds is 3. The van der Waals surface area contributed by atoms with Crippen LogP contribution < -0.4 is 0 Å². The van der Waals surface area contributed by atoms with Gasteiger partial charge in [0, 0.05) is 5.56 Å². The number of carboxylic acid groups (broad SMARTS) is 1. The smallest absolute Gasteiger partial charge is 0.342 e. The Morgan fingerprint density at radius 2 is 2.25 bits per heavy atom. The Hall–Kier alpha value is -1.92. The molecule has 0 spiro atoms. The fourth-order valence-electron chi connectivity index (χ4n) is 1.37. The minimum atomic E-state index is -1.79. The lowest BCUT2D eigenvalue weighted by atomic mass is 10.2. The van der Waals surface area contributed by atoms with Gasteiger partial charge in [-0.2, -0.15) is 0 Å². The van der Waals surface area contributed by atoms with Crippen LogP contribution in [0.4, 0.5) is 0 Å². The molecule has 0 fully saturated rings. The van der Waals surface area contributed by atoms with Crippen LogP contribution in [0, 0.1) is 0 Å². The number of para-hydroxylation sites is 1. The van der Waals surface area contributed by atoms with Crippen molar-refractivity contribution in [2.75, 3.05) is 0 Å². The van der Waals surface area contributed by atoms with Crippen LogP contribution in [0.1, 0.15) is 17.6 Å². The van der Waals surface area contributed by atoms with E-state index in [1.165, 1.54) is 0 Å². The Balaban J connectivity index is 2.55. The standard InChI is InChI=1S/C10H9NO5/c12-4-5-2-1-3-6-8(5)16-9(11-6)7(13)10(14)15/h1-3,7,12-13H,4H2,(H,14,15). The molecular weight excluding hydrogens is 214 g/mol. The maximum atomic E-state index is 10.5. The maximum absolute atomic E-state index is 10.5. The molecule has 0 radical (unpaired) electrons. The summed E-state index contributed by atoms with van der Waals surface area (Å²) >= 11 is 0. The SMILES string of the molecule is O=C(O)C(O)c1nc2cccc(CO)c2o1. The first-order chi connectivity index (χ1) is 7.63. The molecule has 0 amide bonds. The zero-order valence-electron chi connectivity index (χ0n) is 8.12. The minimum Gasteiger partial charge on any atom is -0.479 e. The quantitative estimate of drug-likeness (QED) is 0.697. The van der Waals surface area contributed by atoms with Crippen molar-refractivity contribution in [3.63, 3.8) is 0 Å². The summed E-state index contributed by atoms with van der Waals surface area (Å²) in [5, 5.41) is 26.9. The molecule has 16 heavy (non-hydrogen) atoms. The Labute approximate surface area is 89.8 Å². The van der Waals surface area contributed by atoms with Gasteiger partial charge in [-0.05, 0) is 6.07 Å². The van der Waals surface area contributed by atoms with Crippen LogP contribution >= 0.6 is 0 Å². The predicted octanol–water partition coefficient (Wildman–Crippen LogP) is 0.438. The fourth-order valence-corrected chi connectivity index (χ4v) is 1.37. The van der Waals surface area contributed by atoms with Crippen LogP contribution in [0.15, 0.2) is 22.6 Å². The summed E-state index contributed by atoms with van der Waals surface area (Å²) in [7, 11) is 0. The first-order valence-electron chi connectivity index (χ1n) is 4.53. The van der Waals surface area contributed by atoms with E-state index in [-0.39, 0.29) is 12.5 Å². The average Bonchev–Trinajstić information content (AvgIpc) is 2.70. The van der Waals surface area contributed by atoms with Gasteiger partial charge in [0.15, 0.2) is 5.58 Å². The van der Waals surface area contributed by atoms with E-state index in [2.05, 4.69) is 4.98 Å². The lowest BCUT2D eigenvalue weighted by molar-refractivity contribution is -0.148. The predicted molar refractivity (Wildman–Crippen MR) is 52.5 cm³/mol. The van der Waals surface area contributed by atoms with Crippen molar-refractivity contribution in [1.29, 1.82) is 0 Å². The average molecular weight is 223 g/mol. The number of nitrogens with zero attached hydrogens (tertiary/aromatic N) is 1. The van der Waals surface area contributed by atoms with E-state index in [0.717, 1.165) is 0 Å². The maximum Gasteiger partial charge on any atom is 0.342 e. The summed E-state index contributed by atoms with van der Waals surface area (Å²) in [4.78, 5) is 14.4. The van der Waals surface area contributed by atoms with Gasteiger partial charge in [0.1, 0.15) is 5.52 Å². The van der Waals surface area contributed by atoms with Crippen LogP contribution in [0.25, 0.3) is 11.1 Å². The third kappa shape index (κ3) is 1.64. The van der Waals surface area contributed by atoms with Gasteiger partial charge in [-0.25, -0.2) is 9.78 Å². The van der Waals surface area contributed by atoms with E-state index < -0.39 is 12.1 Å². The molecule has 1 unspecified atom stereocenters. The van der Waals surface area contributed by atoms with E-state index in [1.54, 1.807) is 18.2 Å². The molecule has 0 saturated heterocycles. The zero-order chi connectivity index (χ0) is 11.7. The molecule has 3 N–H and O–H groups in total. The summed E-state index contributed by atoms with van der Waals surface area (Å²) in [5.41, 5.74) is 1.19. The third-order valence-electron chi connectivity index (χ3n) is 2.15. The van der Waals surface area contributed by atoms with Crippen LogP contribution in [0.2, 0.25) is 0 Å². The third-order valence-corrected chi connectivity index (χ3v) is 2.15. The lowest BCUT2D eigenvalue weighted by Gasteiger charge is -1.97. The van der Waals surface area contributed by atoms with E-state index in [0.29, 0.717) is 16.7 Å². The van der Waals surface area contributed by atoms with Crippen molar-refractivity contribution in [2.45, 2.75) is 12.7 Å². The van der Waals surface area contributed by atoms with Gasteiger partial charge >= 0.3 is 5.97 Å². The molecule has 0 aliphatic carbocycles. The van der Waals surface area contributed by atoms with Gasteiger partial charge in [-0.1, -0.05) is 12.1 Å². The molecule has 0 aliphatic rings. The van der Waals surface area contributed by atoms with Crippen LogP contribution in [0.3, 0.4) is 0 Å². The molecule has 0 aliphatic heterocycles. The van der Waals surface area contributed by atoms with Crippen LogP contribution in [0.5, 0.6) is 0 Å². The summed E-state index contributed by atoms with van der Waals surface area (Å²) < 4.78 is 5.11. The second kappa shape index (κ2) is 3.92.